The summed E-state index contributed by atoms with van der Waals surface area (Å²) in [7, 11) is 0. The normalized spacial score (nSPS) is 20.7. The van der Waals surface area contributed by atoms with Gasteiger partial charge in [0.15, 0.2) is 6.04 Å². The van der Waals surface area contributed by atoms with Crippen LogP contribution in [0.15, 0.2) is 24.3 Å². The van der Waals surface area contributed by atoms with E-state index in [2.05, 4.69) is 10.6 Å². The van der Waals surface area contributed by atoms with Crippen LogP contribution in [0.1, 0.15) is 18.0 Å². The van der Waals surface area contributed by atoms with Crippen molar-refractivity contribution >= 4 is 17.5 Å². The van der Waals surface area contributed by atoms with E-state index < -0.39 is 24.0 Å². The lowest BCUT2D eigenvalue weighted by Gasteiger charge is -2.23. The zero-order chi connectivity index (χ0) is 14.8. The zero-order valence-electron chi connectivity index (χ0n) is 10.5. The molecule has 1 saturated heterocycles. The van der Waals surface area contributed by atoms with Crippen molar-refractivity contribution in [3.63, 3.8) is 0 Å². The van der Waals surface area contributed by atoms with Gasteiger partial charge >= 0.3 is 6.18 Å². The Morgan fingerprint density at radius 3 is 2.50 bits per heavy atom. The van der Waals surface area contributed by atoms with Gasteiger partial charge in [0.1, 0.15) is 0 Å². The first kappa shape index (κ1) is 15.1. The minimum absolute atomic E-state index is 0.0267. The number of hydrogen-bond acceptors (Lipinski definition) is 2. The number of nitrogens with one attached hydrogen (secondary N) is 2. The molecule has 0 spiro atoms. The number of halogens is 4. The van der Waals surface area contributed by atoms with Gasteiger partial charge in [0.2, 0.25) is 5.91 Å². The number of rotatable bonds is 3. The summed E-state index contributed by atoms with van der Waals surface area (Å²) in [6, 6.07) is 3.28. The third kappa shape index (κ3) is 3.64. The smallest absolute Gasteiger partial charge is 0.341 e. The molecule has 20 heavy (non-hydrogen) atoms. The summed E-state index contributed by atoms with van der Waals surface area (Å²) in [6.45, 7) is 1.06. The molecular weight excluding hydrogens is 293 g/mol. The monoisotopic (exact) mass is 306 g/mol. The van der Waals surface area contributed by atoms with E-state index >= 15 is 0 Å². The second-order valence-electron chi connectivity index (χ2n) is 4.72. The summed E-state index contributed by atoms with van der Waals surface area (Å²) in [4.78, 5) is 11.9. The molecule has 110 valence electrons. The Hall–Kier alpha value is -1.27. The van der Waals surface area contributed by atoms with Crippen LogP contribution in [0, 0.1) is 5.92 Å². The van der Waals surface area contributed by atoms with Gasteiger partial charge in [-0.25, -0.2) is 0 Å². The first-order valence-corrected chi connectivity index (χ1v) is 6.59. The van der Waals surface area contributed by atoms with E-state index in [1.54, 1.807) is 0 Å². The Bertz CT molecular complexity index is 469. The van der Waals surface area contributed by atoms with E-state index in [-0.39, 0.29) is 5.56 Å². The molecular formula is C13H14ClF3N2O. The topological polar surface area (TPSA) is 41.1 Å². The number of carbonyl (C=O) groups is 1. The van der Waals surface area contributed by atoms with Gasteiger partial charge in [-0.1, -0.05) is 23.7 Å². The van der Waals surface area contributed by atoms with Gasteiger partial charge in [-0.15, -0.1) is 0 Å². The summed E-state index contributed by atoms with van der Waals surface area (Å²) in [5.74, 6) is -0.987. The molecule has 2 atom stereocenters. The molecule has 3 nitrogen and oxygen atoms in total. The second-order valence-corrected chi connectivity index (χ2v) is 5.16. The highest BCUT2D eigenvalue weighted by Gasteiger charge is 2.42. The third-order valence-electron chi connectivity index (χ3n) is 3.25. The fourth-order valence-electron chi connectivity index (χ4n) is 2.15. The van der Waals surface area contributed by atoms with Crippen LogP contribution in [0.5, 0.6) is 0 Å². The minimum Gasteiger partial charge on any atom is -0.341 e. The first-order chi connectivity index (χ1) is 9.38. The largest absolute Gasteiger partial charge is 0.412 e. The third-order valence-corrected chi connectivity index (χ3v) is 3.50. The molecule has 1 aliphatic rings. The highest BCUT2D eigenvalue weighted by atomic mass is 35.5. The highest BCUT2D eigenvalue weighted by molar-refractivity contribution is 6.30. The van der Waals surface area contributed by atoms with Crippen molar-refractivity contribution < 1.29 is 18.0 Å². The maximum Gasteiger partial charge on any atom is 0.412 e. The summed E-state index contributed by atoms with van der Waals surface area (Å²) < 4.78 is 39.3. The Labute approximate surface area is 119 Å². The van der Waals surface area contributed by atoms with Crippen LogP contribution in [-0.2, 0) is 4.79 Å². The molecule has 1 aromatic rings. The fraction of sp³-hybridized carbons (Fsp3) is 0.462. The van der Waals surface area contributed by atoms with Crippen molar-refractivity contribution in [3.05, 3.63) is 34.9 Å². The summed E-state index contributed by atoms with van der Waals surface area (Å²) >= 11 is 5.66. The van der Waals surface area contributed by atoms with Crippen molar-refractivity contribution in [2.75, 3.05) is 13.1 Å². The van der Waals surface area contributed by atoms with Crippen LogP contribution in [0.2, 0.25) is 5.02 Å². The lowest BCUT2D eigenvalue weighted by atomic mass is 10.0. The van der Waals surface area contributed by atoms with Crippen molar-refractivity contribution in [1.82, 2.24) is 10.6 Å². The van der Waals surface area contributed by atoms with Crippen molar-refractivity contribution in [3.8, 4) is 0 Å². The van der Waals surface area contributed by atoms with Crippen molar-refractivity contribution in [2.24, 2.45) is 5.92 Å². The number of alkyl halides is 3. The molecule has 0 aromatic heterocycles. The molecule has 0 radical (unpaired) electrons. The second kappa shape index (κ2) is 6.01. The highest BCUT2D eigenvalue weighted by Crippen LogP contribution is 2.33. The molecule has 0 unspecified atom stereocenters. The van der Waals surface area contributed by atoms with Crippen LogP contribution in [0.25, 0.3) is 0 Å². The maximum absolute atomic E-state index is 13.1. The van der Waals surface area contributed by atoms with Crippen LogP contribution in [0.3, 0.4) is 0 Å². The van der Waals surface area contributed by atoms with E-state index in [0.717, 1.165) is 0 Å². The molecule has 1 fully saturated rings. The van der Waals surface area contributed by atoms with Gasteiger partial charge in [0.05, 0.1) is 5.92 Å². The number of benzene rings is 1. The van der Waals surface area contributed by atoms with Gasteiger partial charge < -0.3 is 10.6 Å². The standard InChI is InChI=1S/C13H14ClF3N2O/c14-10-3-1-8(2-4-10)11(13(15,16)17)19-12(20)9-5-6-18-7-9/h1-4,9,11,18H,5-7H2,(H,19,20)/t9-,11-/m0/s1. The van der Waals surface area contributed by atoms with Crippen LogP contribution in [0.4, 0.5) is 13.2 Å². The maximum atomic E-state index is 13.1. The number of amides is 1. The summed E-state index contributed by atoms with van der Waals surface area (Å²) in [5, 5.41) is 5.39. The lowest BCUT2D eigenvalue weighted by molar-refractivity contribution is -0.164. The minimum atomic E-state index is -4.55. The summed E-state index contributed by atoms with van der Waals surface area (Å²) in [6.07, 6.45) is -3.99. The van der Waals surface area contributed by atoms with Gasteiger partial charge in [-0.05, 0) is 30.7 Å². The van der Waals surface area contributed by atoms with Crippen LogP contribution >= 0.6 is 11.6 Å². The van der Waals surface area contributed by atoms with E-state index in [1.807, 2.05) is 0 Å². The quantitative estimate of drug-likeness (QED) is 0.901. The van der Waals surface area contributed by atoms with Gasteiger partial charge in [0.25, 0.3) is 0 Å². The van der Waals surface area contributed by atoms with E-state index in [9.17, 15) is 18.0 Å². The van der Waals surface area contributed by atoms with Crippen molar-refractivity contribution in [1.29, 1.82) is 0 Å². The fourth-order valence-corrected chi connectivity index (χ4v) is 2.27. The predicted molar refractivity (Wildman–Crippen MR) is 69.4 cm³/mol. The van der Waals surface area contributed by atoms with Gasteiger partial charge in [-0.3, -0.25) is 4.79 Å². The van der Waals surface area contributed by atoms with Crippen LogP contribution in [-0.4, -0.2) is 25.2 Å². The molecule has 1 amide bonds. The number of carbonyl (C=O) groups excluding carboxylic acids is 1. The Morgan fingerprint density at radius 2 is 2.00 bits per heavy atom. The molecule has 0 saturated carbocycles. The average Bonchev–Trinajstić information content (AvgIpc) is 2.89. The molecule has 2 N–H and O–H groups in total. The van der Waals surface area contributed by atoms with Gasteiger partial charge in [0, 0.05) is 11.6 Å². The molecule has 2 rings (SSSR count). The van der Waals surface area contributed by atoms with E-state index in [4.69, 9.17) is 11.6 Å². The molecule has 1 aromatic carbocycles. The Kier molecular flexibility index (Phi) is 4.55. The Morgan fingerprint density at radius 1 is 1.35 bits per heavy atom. The average molecular weight is 307 g/mol. The lowest BCUT2D eigenvalue weighted by Crippen LogP contribution is -2.41. The van der Waals surface area contributed by atoms with Gasteiger partial charge in [-0.2, -0.15) is 13.2 Å². The molecule has 0 bridgehead atoms. The summed E-state index contributed by atoms with van der Waals surface area (Å²) in [5.41, 5.74) is -0.0267. The SMILES string of the molecule is O=C(N[C@@H](c1ccc(Cl)cc1)C(F)(F)F)[C@H]1CCNC1. The molecule has 1 heterocycles. The zero-order valence-corrected chi connectivity index (χ0v) is 11.3. The van der Waals surface area contributed by atoms with E-state index in [0.29, 0.717) is 24.5 Å². The Balaban J connectivity index is 2.15. The number of hydrogen-bond donors (Lipinski definition) is 2. The predicted octanol–water partition coefficient (Wildman–Crippen LogP) is 2.67. The molecule has 7 heteroatoms. The van der Waals surface area contributed by atoms with E-state index in [1.165, 1.54) is 24.3 Å². The molecule has 1 aliphatic heterocycles. The van der Waals surface area contributed by atoms with Crippen molar-refractivity contribution in [2.45, 2.75) is 18.6 Å². The first-order valence-electron chi connectivity index (χ1n) is 6.21. The molecule has 0 aliphatic carbocycles. The van der Waals surface area contributed by atoms with Crippen LogP contribution < -0.4 is 10.6 Å².